The van der Waals surface area contributed by atoms with Gasteiger partial charge in [0.05, 0.1) is 0 Å². The second-order valence-electron chi connectivity index (χ2n) is 6.60. The largest absolute Gasteiger partial charge is 0.396 e. The van der Waals surface area contributed by atoms with Gasteiger partial charge >= 0.3 is 0 Å². The van der Waals surface area contributed by atoms with Gasteiger partial charge in [-0.1, -0.05) is 32.6 Å². The van der Waals surface area contributed by atoms with E-state index >= 15 is 0 Å². The van der Waals surface area contributed by atoms with Gasteiger partial charge in [-0.05, 0) is 53.0 Å². The number of aliphatic hydroxyl groups excluding tert-OH is 1. The Morgan fingerprint density at radius 3 is 2.11 bits per heavy atom. The van der Waals surface area contributed by atoms with Gasteiger partial charge in [0.25, 0.3) is 0 Å². The Balaban J connectivity index is 2.45. The summed E-state index contributed by atoms with van der Waals surface area (Å²) in [5.74, 6) is 0. The molecule has 0 atom stereocenters. The molecule has 0 amide bonds. The third kappa shape index (κ3) is 6.24. The maximum Gasteiger partial charge on any atom is 0.0499 e. The lowest BCUT2D eigenvalue weighted by molar-refractivity contribution is 0.0601. The lowest BCUT2D eigenvalue weighted by Gasteiger charge is -2.36. The molecular formula is C16H34N2O. The molecule has 3 nitrogen and oxygen atoms in total. The zero-order chi connectivity index (χ0) is 14.1. The molecule has 1 N–H and O–H groups in total. The first-order valence-electron chi connectivity index (χ1n) is 8.10. The minimum Gasteiger partial charge on any atom is -0.396 e. The van der Waals surface area contributed by atoms with Crippen LogP contribution in [0.25, 0.3) is 0 Å². The number of aliphatic hydroxyl groups is 1. The van der Waals surface area contributed by atoms with Crippen LogP contribution >= 0.6 is 0 Å². The van der Waals surface area contributed by atoms with Crippen molar-refractivity contribution in [1.29, 1.82) is 0 Å². The van der Waals surface area contributed by atoms with Crippen LogP contribution in [0.5, 0.6) is 0 Å². The quantitative estimate of drug-likeness (QED) is 0.687. The molecule has 0 unspecified atom stereocenters. The van der Waals surface area contributed by atoms with E-state index in [1.807, 2.05) is 0 Å². The Hall–Kier alpha value is -0.120. The molecule has 1 aliphatic rings. The van der Waals surface area contributed by atoms with Crippen LogP contribution in [0.3, 0.4) is 0 Å². The summed E-state index contributed by atoms with van der Waals surface area (Å²) in [6, 6.07) is 0. The van der Waals surface area contributed by atoms with Crippen LogP contribution in [0.1, 0.15) is 51.9 Å². The van der Waals surface area contributed by atoms with Gasteiger partial charge in [-0.25, -0.2) is 0 Å². The first kappa shape index (κ1) is 16.9. The third-order valence-corrected chi connectivity index (χ3v) is 4.59. The van der Waals surface area contributed by atoms with E-state index in [0.29, 0.717) is 6.61 Å². The lowest BCUT2D eigenvalue weighted by atomic mass is 9.80. The van der Waals surface area contributed by atoms with E-state index in [4.69, 9.17) is 0 Å². The summed E-state index contributed by atoms with van der Waals surface area (Å²) in [6.45, 7) is 7.14. The highest BCUT2D eigenvalue weighted by Gasteiger charge is 2.31. The van der Waals surface area contributed by atoms with Gasteiger partial charge in [0.2, 0.25) is 0 Å². The maximum atomic E-state index is 9.89. The van der Waals surface area contributed by atoms with Crippen molar-refractivity contribution in [1.82, 2.24) is 9.80 Å². The predicted octanol–water partition coefficient (Wildman–Crippen LogP) is 2.59. The summed E-state index contributed by atoms with van der Waals surface area (Å²) in [7, 11) is 4.27. The van der Waals surface area contributed by atoms with Crippen molar-refractivity contribution in [2.45, 2.75) is 51.9 Å². The molecule has 1 fully saturated rings. The molecule has 0 spiro atoms. The average molecular weight is 270 g/mol. The van der Waals surface area contributed by atoms with Crippen LogP contribution in [0.15, 0.2) is 0 Å². The van der Waals surface area contributed by atoms with E-state index in [9.17, 15) is 5.11 Å². The second-order valence-corrected chi connectivity index (χ2v) is 6.60. The van der Waals surface area contributed by atoms with Gasteiger partial charge in [-0.15, -0.1) is 0 Å². The van der Waals surface area contributed by atoms with E-state index in [2.05, 4.69) is 30.8 Å². The maximum absolute atomic E-state index is 9.89. The molecular weight excluding hydrogens is 236 g/mol. The minimum absolute atomic E-state index is 0.185. The van der Waals surface area contributed by atoms with Crippen molar-refractivity contribution in [3.8, 4) is 0 Å². The van der Waals surface area contributed by atoms with E-state index in [0.717, 1.165) is 26.2 Å². The van der Waals surface area contributed by atoms with Gasteiger partial charge in [-0.2, -0.15) is 0 Å². The fraction of sp³-hybridized carbons (Fsp3) is 1.00. The molecule has 0 aromatic rings. The fourth-order valence-corrected chi connectivity index (χ4v) is 3.28. The summed E-state index contributed by atoms with van der Waals surface area (Å²) in [5, 5.41) is 9.89. The molecule has 1 saturated carbocycles. The smallest absolute Gasteiger partial charge is 0.0499 e. The number of rotatable bonds is 8. The van der Waals surface area contributed by atoms with Crippen LogP contribution in [0, 0.1) is 5.41 Å². The topological polar surface area (TPSA) is 26.7 Å². The molecule has 0 aromatic heterocycles. The third-order valence-electron chi connectivity index (χ3n) is 4.59. The molecule has 1 rings (SSSR count). The molecule has 0 aromatic carbocycles. The monoisotopic (exact) mass is 270 g/mol. The van der Waals surface area contributed by atoms with Gasteiger partial charge in [0, 0.05) is 18.6 Å². The summed E-state index contributed by atoms with van der Waals surface area (Å²) in [5.41, 5.74) is 0.185. The normalized spacial score (nSPS) is 19.9. The fourth-order valence-electron chi connectivity index (χ4n) is 3.28. The average Bonchev–Trinajstić information content (AvgIpc) is 2.63. The van der Waals surface area contributed by atoms with Gasteiger partial charge < -0.3 is 14.9 Å². The van der Waals surface area contributed by atoms with Crippen LogP contribution < -0.4 is 0 Å². The van der Waals surface area contributed by atoms with Crippen molar-refractivity contribution in [2.24, 2.45) is 5.41 Å². The lowest BCUT2D eigenvalue weighted by Crippen LogP contribution is -2.41. The highest BCUT2D eigenvalue weighted by molar-refractivity contribution is 4.84. The van der Waals surface area contributed by atoms with Crippen LogP contribution in [-0.4, -0.2) is 61.8 Å². The van der Waals surface area contributed by atoms with Gasteiger partial charge in [0.1, 0.15) is 0 Å². The van der Waals surface area contributed by atoms with Crippen molar-refractivity contribution >= 4 is 0 Å². The molecule has 19 heavy (non-hydrogen) atoms. The van der Waals surface area contributed by atoms with Gasteiger partial charge in [0.15, 0.2) is 0 Å². The van der Waals surface area contributed by atoms with Gasteiger partial charge in [-0.3, -0.25) is 0 Å². The summed E-state index contributed by atoms with van der Waals surface area (Å²) in [6.07, 6.45) is 8.97. The van der Waals surface area contributed by atoms with Crippen molar-refractivity contribution in [3.63, 3.8) is 0 Å². The van der Waals surface area contributed by atoms with E-state index in [1.165, 1.54) is 44.9 Å². The molecule has 0 radical (unpaired) electrons. The Morgan fingerprint density at radius 2 is 1.63 bits per heavy atom. The SMILES string of the molecule is CCN(CCCN(C)C)CC1(CO)CCCCCC1. The molecule has 3 heteroatoms. The number of nitrogens with zero attached hydrogens (tertiary/aromatic N) is 2. The zero-order valence-electron chi connectivity index (χ0n) is 13.3. The summed E-state index contributed by atoms with van der Waals surface area (Å²) >= 11 is 0. The molecule has 0 aliphatic heterocycles. The molecule has 0 bridgehead atoms. The van der Waals surface area contributed by atoms with Crippen LogP contribution in [0.4, 0.5) is 0 Å². The summed E-state index contributed by atoms with van der Waals surface area (Å²) < 4.78 is 0. The predicted molar refractivity (Wildman–Crippen MR) is 82.5 cm³/mol. The highest BCUT2D eigenvalue weighted by Crippen LogP contribution is 2.35. The summed E-state index contributed by atoms with van der Waals surface area (Å²) in [4.78, 5) is 4.80. The number of hydrogen-bond donors (Lipinski definition) is 1. The Morgan fingerprint density at radius 1 is 1.00 bits per heavy atom. The Labute approximate surface area is 120 Å². The van der Waals surface area contributed by atoms with Crippen LogP contribution in [-0.2, 0) is 0 Å². The van der Waals surface area contributed by atoms with Crippen molar-refractivity contribution in [3.05, 3.63) is 0 Å². The molecule has 114 valence electrons. The highest BCUT2D eigenvalue weighted by atomic mass is 16.3. The van der Waals surface area contributed by atoms with Crippen molar-refractivity contribution in [2.75, 3.05) is 46.9 Å². The van der Waals surface area contributed by atoms with E-state index in [-0.39, 0.29) is 5.41 Å². The van der Waals surface area contributed by atoms with Crippen LogP contribution in [0.2, 0.25) is 0 Å². The second kappa shape index (κ2) is 8.93. The first-order valence-corrected chi connectivity index (χ1v) is 8.10. The Bertz CT molecular complexity index is 223. The van der Waals surface area contributed by atoms with E-state index in [1.54, 1.807) is 0 Å². The Kier molecular flexibility index (Phi) is 7.96. The van der Waals surface area contributed by atoms with E-state index < -0.39 is 0 Å². The zero-order valence-corrected chi connectivity index (χ0v) is 13.3. The molecule has 0 heterocycles. The molecule has 1 aliphatic carbocycles. The standard InChI is InChI=1S/C16H34N2O/c1-4-18(13-9-12-17(2)3)14-16(15-19)10-7-5-6-8-11-16/h19H,4-15H2,1-3H3. The molecule has 0 saturated heterocycles. The van der Waals surface area contributed by atoms with Crippen molar-refractivity contribution < 1.29 is 5.11 Å². The minimum atomic E-state index is 0.185. The number of hydrogen-bond acceptors (Lipinski definition) is 3. The first-order chi connectivity index (χ1) is 9.12.